The van der Waals surface area contributed by atoms with Gasteiger partial charge in [0.25, 0.3) is 17.7 Å². The highest BCUT2D eigenvalue weighted by Gasteiger charge is 2.55. The topological polar surface area (TPSA) is 254 Å². The fourth-order valence-corrected chi connectivity index (χ4v) is 6.52. The summed E-state index contributed by atoms with van der Waals surface area (Å²) in [7, 11) is 1.28. The van der Waals surface area contributed by atoms with Crippen molar-refractivity contribution < 1.29 is 38.5 Å². The second kappa shape index (κ2) is 14.1. The molecule has 0 aliphatic carbocycles. The number of thioether (sulfide) groups is 1. The maximum absolute atomic E-state index is 13.2. The largest absolute Gasteiger partial charge is 0.477 e. The van der Waals surface area contributed by atoms with Gasteiger partial charge < -0.3 is 30.8 Å². The summed E-state index contributed by atoms with van der Waals surface area (Å²) in [6.45, 7) is 2.03. The van der Waals surface area contributed by atoms with Crippen LogP contribution in [-0.4, -0.2) is 90.3 Å². The average molecular weight is 681 g/mol. The minimum absolute atomic E-state index is 0.0561. The molecule has 5 rings (SSSR count). The number of nitrogens with zero attached hydrogens (tertiary/aromatic N) is 7. The van der Waals surface area contributed by atoms with Gasteiger partial charge in [-0.1, -0.05) is 10.3 Å². The van der Waals surface area contributed by atoms with E-state index in [0.29, 0.717) is 16.8 Å². The van der Waals surface area contributed by atoms with Crippen molar-refractivity contribution in [3.8, 4) is 17.3 Å². The Morgan fingerprint density at radius 2 is 2.02 bits per heavy atom. The van der Waals surface area contributed by atoms with E-state index in [1.54, 1.807) is 54.5 Å². The Kier molecular flexibility index (Phi) is 9.77. The number of rotatable bonds is 12. The monoisotopic (exact) mass is 680 g/mol. The number of β-lactam (4-membered cyclic amide) rings is 1. The molecule has 3 amide bonds. The summed E-state index contributed by atoms with van der Waals surface area (Å²) in [4.78, 5) is 68.6. The van der Waals surface area contributed by atoms with Crippen LogP contribution in [0.3, 0.4) is 0 Å². The predicted molar refractivity (Wildman–Crippen MR) is 166 cm³/mol. The zero-order valence-electron chi connectivity index (χ0n) is 24.7. The van der Waals surface area contributed by atoms with Gasteiger partial charge in [0, 0.05) is 46.8 Å². The zero-order valence-corrected chi connectivity index (χ0v) is 26.3. The fraction of sp³-hybridized carbons (Fsp3) is 0.259. The molecule has 2 unspecified atom stereocenters. The SMILES string of the molecule is CCON=C(C(=O)NC1C(=O)N2C(C(=O)O)=C(C[n+]3ccc(-c4c[nH]c(C(=NOC)C(=O)NC#N)c4)cc3)CSC12)c1nsc(N)n1. The Morgan fingerprint density at radius 3 is 2.66 bits per heavy atom. The number of carboxylic acids is 1. The molecule has 2 atom stereocenters. The number of nitrogen functional groups attached to an aromatic ring is 1. The van der Waals surface area contributed by atoms with E-state index in [0.717, 1.165) is 17.1 Å². The van der Waals surface area contributed by atoms with Crippen LogP contribution in [-0.2, 0) is 35.4 Å². The number of fused-ring (bicyclic) bond motifs is 1. The number of carbonyl (C=O) groups excluding carboxylic acids is 3. The molecule has 3 aromatic rings. The molecule has 1 fully saturated rings. The number of carbonyl (C=O) groups is 4. The van der Waals surface area contributed by atoms with E-state index in [4.69, 9.17) is 20.7 Å². The normalized spacial score (nSPS) is 17.7. The Bertz CT molecular complexity index is 1860. The molecule has 0 saturated carbocycles. The minimum atomic E-state index is -1.27. The third-order valence-corrected chi connectivity index (χ3v) is 8.68. The van der Waals surface area contributed by atoms with Gasteiger partial charge in [-0.2, -0.15) is 14.6 Å². The molecule has 0 bridgehead atoms. The minimum Gasteiger partial charge on any atom is -0.477 e. The maximum Gasteiger partial charge on any atom is 0.352 e. The third kappa shape index (κ3) is 6.75. The summed E-state index contributed by atoms with van der Waals surface area (Å²) in [6.07, 6.45) is 6.70. The van der Waals surface area contributed by atoms with Crippen LogP contribution in [0.1, 0.15) is 18.4 Å². The number of nitriles is 1. The van der Waals surface area contributed by atoms with Gasteiger partial charge in [0.2, 0.25) is 11.5 Å². The van der Waals surface area contributed by atoms with Gasteiger partial charge in [0.15, 0.2) is 36.0 Å². The number of aromatic amines is 1. The number of aromatic nitrogens is 4. The smallest absolute Gasteiger partial charge is 0.352 e. The zero-order chi connectivity index (χ0) is 33.7. The molecule has 0 radical (unpaired) electrons. The first-order valence-corrected chi connectivity index (χ1v) is 15.5. The number of anilines is 1. The lowest BCUT2D eigenvalue weighted by Gasteiger charge is -2.49. The lowest BCUT2D eigenvalue weighted by atomic mass is 10.0. The molecule has 242 valence electrons. The van der Waals surface area contributed by atoms with Crippen LogP contribution in [0.2, 0.25) is 0 Å². The lowest BCUT2D eigenvalue weighted by Crippen LogP contribution is -2.71. The third-order valence-electron chi connectivity index (χ3n) is 6.79. The van der Waals surface area contributed by atoms with E-state index in [9.17, 15) is 24.3 Å². The number of pyridine rings is 1. The number of H-pyrrole nitrogens is 1. The summed E-state index contributed by atoms with van der Waals surface area (Å²) in [5.41, 5.74) is 7.43. The number of amides is 3. The van der Waals surface area contributed by atoms with Crippen LogP contribution < -0.4 is 20.9 Å². The van der Waals surface area contributed by atoms with Crippen molar-refractivity contribution in [3.63, 3.8) is 0 Å². The molecule has 47 heavy (non-hydrogen) atoms. The summed E-state index contributed by atoms with van der Waals surface area (Å²) in [5.74, 6) is -3.13. The standard InChI is InChI=1S/C27H25N11O7S2/c1-3-45-35-18(21-33-27(29)47-36-21)23(40)32-19-24(41)38-20(26(42)43)15(11-46-25(19)38)10-37-6-4-13(5-7-37)14-8-16(30-9-14)17(34-44-2)22(39)31-12-28/h4-9,19,25H,3,10-11H2,1-2H3,(H5,29,31,32,33,36,39,40,42,43)/p+1. The van der Waals surface area contributed by atoms with E-state index >= 15 is 0 Å². The second-order valence-electron chi connectivity index (χ2n) is 9.68. The Morgan fingerprint density at radius 1 is 1.26 bits per heavy atom. The molecule has 3 aromatic heterocycles. The lowest BCUT2D eigenvalue weighted by molar-refractivity contribution is -0.689. The summed E-state index contributed by atoms with van der Waals surface area (Å²) in [6, 6.07) is 4.24. The molecular formula is C27H26N11O7S2+. The first-order valence-electron chi connectivity index (χ1n) is 13.7. The highest BCUT2D eigenvalue weighted by atomic mass is 32.2. The van der Waals surface area contributed by atoms with Gasteiger partial charge in [-0.3, -0.25) is 24.6 Å². The van der Waals surface area contributed by atoms with Gasteiger partial charge in [-0.05, 0) is 18.6 Å². The number of hydrogen-bond acceptors (Lipinski definition) is 14. The van der Waals surface area contributed by atoms with Crippen molar-refractivity contribution in [2.24, 2.45) is 10.3 Å². The second-order valence-corrected chi connectivity index (χ2v) is 11.6. The molecule has 20 heteroatoms. The first kappa shape index (κ1) is 32.6. The Hall–Kier alpha value is -5.81. The average Bonchev–Trinajstić information content (AvgIpc) is 3.72. The maximum atomic E-state index is 13.2. The van der Waals surface area contributed by atoms with Gasteiger partial charge in [-0.15, -0.1) is 11.8 Å². The van der Waals surface area contributed by atoms with E-state index in [2.05, 4.69) is 30.0 Å². The van der Waals surface area contributed by atoms with Crippen molar-refractivity contribution in [3.05, 3.63) is 59.6 Å². The molecule has 2 aliphatic heterocycles. The molecule has 5 heterocycles. The van der Waals surface area contributed by atoms with Crippen LogP contribution >= 0.6 is 23.3 Å². The van der Waals surface area contributed by atoms with Crippen LogP contribution in [0.4, 0.5) is 5.13 Å². The summed E-state index contributed by atoms with van der Waals surface area (Å²) in [5, 5.41) is 30.4. The van der Waals surface area contributed by atoms with Crippen molar-refractivity contribution in [1.82, 2.24) is 29.9 Å². The Balaban J connectivity index is 1.29. The number of oxime groups is 2. The van der Waals surface area contributed by atoms with E-state index in [1.165, 1.54) is 23.8 Å². The number of nitrogens with two attached hydrogens (primary N) is 1. The van der Waals surface area contributed by atoms with Crippen molar-refractivity contribution in [2.75, 3.05) is 25.2 Å². The van der Waals surface area contributed by atoms with Gasteiger partial charge in [0.1, 0.15) is 30.8 Å². The number of aliphatic carboxylic acids is 1. The highest BCUT2D eigenvalue weighted by Crippen LogP contribution is 2.40. The number of nitrogens with one attached hydrogen (secondary N) is 3. The Labute approximate surface area is 274 Å². The predicted octanol–water partition coefficient (Wildman–Crippen LogP) is -0.470. The molecule has 1 saturated heterocycles. The fourth-order valence-electron chi connectivity index (χ4n) is 4.75. The van der Waals surface area contributed by atoms with E-state index in [1.807, 2.05) is 5.32 Å². The van der Waals surface area contributed by atoms with Crippen LogP contribution in [0.5, 0.6) is 0 Å². The quantitative estimate of drug-likeness (QED) is 0.0406. The molecule has 2 aliphatic rings. The van der Waals surface area contributed by atoms with Gasteiger partial charge in [-0.25, -0.2) is 9.36 Å². The highest BCUT2D eigenvalue weighted by molar-refractivity contribution is 8.00. The summed E-state index contributed by atoms with van der Waals surface area (Å²) < 4.78 is 5.75. The number of hydrogen-bond donors (Lipinski definition) is 5. The van der Waals surface area contributed by atoms with Crippen LogP contribution in [0.25, 0.3) is 11.1 Å². The van der Waals surface area contributed by atoms with E-state index < -0.39 is 35.1 Å². The molecule has 0 aromatic carbocycles. The number of carboxylic acid groups (broad SMARTS) is 1. The van der Waals surface area contributed by atoms with Crippen LogP contribution in [0.15, 0.2) is 58.4 Å². The van der Waals surface area contributed by atoms with Crippen molar-refractivity contribution >= 4 is 63.5 Å². The van der Waals surface area contributed by atoms with Crippen molar-refractivity contribution in [1.29, 1.82) is 5.26 Å². The molecule has 0 spiro atoms. The van der Waals surface area contributed by atoms with E-state index in [-0.39, 0.29) is 47.0 Å². The molecular weight excluding hydrogens is 655 g/mol. The van der Waals surface area contributed by atoms with Gasteiger partial charge >= 0.3 is 5.97 Å². The van der Waals surface area contributed by atoms with Gasteiger partial charge in [0.05, 0.1) is 5.69 Å². The molecule has 18 nitrogen and oxygen atoms in total. The summed E-state index contributed by atoms with van der Waals surface area (Å²) >= 11 is 2.18. The molecule has 6 N–H and O–H groups in total. The first-order chi connectivity index (χ1) is 22.7. The van der Waals surface area contributed by atoms with Crippen molar-refractivity contribution in [2.45, 2.75) is 24.9 Å². The van der Waals surface area contributed by atoms with Crippen LogP contribution in [0, 0.1) is 11.5 Å².